The molecule has 0 aliphatic carbocycles. The van der Waals surface area contributed by atoms with Gasteiger partial charge >= 0.3 is 0 Å². The van der Waals surface area contributed by atoms with Gasteiger partial charge in [-0.2, -0.15) is 4.31 Å². The molecule has 0 spiro atoms. The quantitative estimate of drug-likeness (QED) is 0.445. The third-order valence-corrected chi connectivity index (χ3v) is 8.76. The zero-order chi connectivity index (χ0) is 24.7. The first-order valence-corrected chi connectivity index (χ1v) is 13.8. The fourth-order valence-corrected chi connectivity index (χ4v) is 6.58. The number of nitrogens with one attached hydrogen (secondary N) is 1. The van der Waals surface area contributed by atoms with E-state index in [9.17, 15) is 13.2 Å². The molecule has 35 heavy (non-hydrogen) atoms. The van der Waals surface area contributed by atoms with Crippen molar-refractivity contribution in [3.8, 4) is 0 Å². The van der Waals surface area contributed by atoms with Gasteiger partial charge < -0.3 is 5.32 Å². The lowest BCUT2D eigenvalue weighted by atomic mass is 9.88. The minimum absolute atomic E-state index is 0.0218. The van der Waals surface area contributed by atoms with Crippen LogP contribution in [-0.2, 0) is 14.8 Å². The minimum Gasteiger partial charge on any atom is -0.356 e. The van der Waals surface area contributed by atoms with Crippen molar-refractivity contribution in [1.82, 2.24) is 9.62 Å². The summed E-state index contributed by atoms with van der Waals surface area (Å²) < 4.78 is 28.3. The first-order valence-electron chi connectivity index (χ1n) is 12.4. The van der Waals surface area contributed by atoms with Crippen molar-refractivity contribution < 1.29 is 13.2 Å². The average Bonchev–Trinajstić information content (AvgIpc) is 2.89. The molecule has 0 bridgehead atoms. The molecule has 1 saturated heterocycles. The van der Waals surface area contributed by atoms with E-state index in [1.165, 1.54) is 0 Å². The van der Waals surface area contributed by atoms with Gasteiger partial charge in [0.05, 0.1) is 4.90 Å². The van der Waals surface area contributed by atoms with Crippen molar-refractivity contribution in [3.05, 3.63) is 102 Å². The zero-order valence-electron chi connectivity index (χ0n) is 20.3. The van der Waals surface area contributed by atoms with Gasteiger partial charge in [0, 0.05) is 31.5 Å². The SMILES string of the molecule is Cc1ccc(S(=O)(=O)N2CCCCC2CCNC(=O)CC(c2ccccc2)c2ccccc2)cc1. The molecule has 5 nitrogen and oxygen atoms in total. The van der Waals surface area contributed by atoms with Crippen molar-refractivity contribution in [2.24, 2.45) is 0 Å². The van der Waals surface area contributed by atoms with Crippen LogP contribution in [0.5, 0.6) is 0 Å². The topological polar surface area (TPSA) is 66.5 Å². The van der Waals surface area contributed by atoms with E-state index in [0.717, 1.165) is 36.0 Å². The number of hydrogen-bond donors (Lipinski definition) is 1. The number of amides is 1. The van der Waals surface area contributed by atoms with Gasteiger partial charge in [-0.3, -0.25) is 4.79 Å². The van der Waals surface area contributed by atoms with E-state index in [4.69, 9.17) is 0 Å². The first kappa shape index (κ1) is 25.1. The van der Waals surface area contributed by atoms with Gasteiger partial charge in [-0.1, -0.05) is 84.8 Å². The van der Waals surface area contributed by atoms with Crippen LogP contribution in [0.3, 0.4) is 0 Å². The van der Waals surface area contributed by atoms with Crippen LogP contribution in [0.2, 0.25) is 0 Å². The lowest BCUT2D eigenvalue weighted by Crippen LogP contribution is -2.45. The maximum Gasteiger partial charge on any atom is 0.243 e. The van der Waals surface area contributed by atoms with Gasteiger partial charge in [0.15, 0.2) is 0 Å². The monoisotopic (exact) mass is 490 g/mol. The van der Waals surface area contributed by atoms with E-state index < -0.39 is 10.0 Å². The molecule has 1 unspecified atom stereocenters. The second-order valence-corrected chi connectivity index (χ2v) is 11.2. The summed E-state index contributed by atoms with van der Waals surface area (Å²) in [5.41, 5.74) is 3.25. The smallest absolute Gasteiger partial charge is 0.243 e. The van der Waals surface area contributed by atoms with Crippen LogP contribution >= 0.6 is 0 Å². The number of carbonyl (C=O) groups excluding carboxylic acids is 1. The highest BCUT2D eigenvalue weighted by atomic mass is 32.2. The molecular weight excluding hydrogens is 456 g/mol. The molecule has 1 fully saturated rings. The first-order chi connectivity index (χ1) is 16.9. The molecule has 3 aromatic rings. The minimum atomic E-state index is -3.55. The number of nitrogens with zero attached hydrogens (tertiary/aromatic N) is 1. The lowest BCUT2D eigenvalue weighted by Gasteiger charge is -2.34. The van der Waals surface area contributed by atoms with Crippen LogP contribution in [0.4, 0.5) is 0 Å². The highest BCUT2D eigenvalue weighted by molar-refractivity contribution is 7.89. The molecule has 1 atom stereocenters. The molecule has 1 aliphatic heterocycles. The van der Waals surface area contributed by atoms with Gasteiger partial charge in [-0.05, 0) is 49.4 Å². The van der Waals surface area contributed by atoms with Crippen molar-refractivity contribution in [3.63, 3.8) is 0 Å². The van der Waals surface area contributed by atoms with Gasteiger partial charge in [0.1, 0.15) is 0 Å². The molecule has 6 heteroatoms. The Morgan fingerprint density at radius 2 is 1.51 bits per heavy atom. The van der Waals surface area contributed by atoms with Crippen LogP contribution in [0.15, 0.2) is 89.8 Å². The summed E-state index contributed by atoms with van der Waals surface area (Å²) in [6.45, 7) is 2.93. The largest absolute Gasteiger partial charge is 0.356 e. The summed E-state index contributed by atoms with van der Waals surface area (Å²) in [4.78, 5) is 13.3. The highest BCUT2D eigenvalue weighted by Crippen LogP contribution is 2.29. The van der Waals surface area contributed by atoms with Crippen molar-refractivity contribution in [1.29, 1.82) is 0 Å². The molecule has 3 aromatic carbocycles. The Balaban J connectivity index is 1.39. The summed E-state index contributed by atoms with van der Waals surface area (Å²) >= 11 is 0. The normalized spacial score (nSPS) is 16.8. The number of hydrogen-bond acceptors (Lipinski definition) is 3. The Kier molecular flexibility index (Phi) is 8.37. The predicted octanol–water partition coefficient (Wildman–Crippen LogP) is 5.27. The summed E-state index contributed by atoms with van der Waals surface area (Å²) in [6.07, 6.45) is 3.65. The summed E-state index contributed by atoms with van der Waals surface area (Å²) in [5, 5.41) is 3.06. The van der Waals surface area contributed by atoms with E-state index in [1.54, 1.807) is 16.4 Å². The maximum atomic E-state index is 13.3. The fraction of sp³-hybridized carbons (Fsp3) is 0.345. The summed E-state index contributed by atoms with van der Waals surface area (Å²) in [5.74, 6) is -0.0445. The van der Waals surface area contributed by atoms with Crippen molar-refractivity contribution in [2.75, 3.05) is 13.1 Å². The number of sulfonamides is 1. The Hall–Kier alpha value is -2.96. The summed E-state index contributed by atoms with van der Waals surface area (Å²) in [7, 11) is -3.55. The van der Waals surface area contributed by atoms with E-state index in [0.29, 0.717) is 30.8 Å². The van der Waals surface area contributed by atoms with Crippen LogP contribution in [0.25, 0.3) is 0 Å². The standard InChI is InChI=1S/C29H34N2O3S/c1-23-15-17-27(18-16-23)35(33,34)31-21-9-8-14-26(31)19-20-30-29(32)22-28(24-10-4-2-5-11-24)25-12-6-3-7-13-25/h2-7,10-13,15-18,26,28H,8-9,14,19-22H2,1H3,(H,30,32). The van der Waals surface area contributed by atoms with Crippen LogP contribution < -0.4 is 5.32 Å². The Morgan fingerprint density at radius 1 is 0.914 bits per heavy atom. The molecular formula is C29H34N2O3S. The second kappa shape index (κ2) is 11.6. The molecule has 1 amide bonds. The molecule has 0 saturated carbocycles. The third kappa shape index (κ3) is 6.38. The number of rotatable bonds is 9. The van der Waals surface area contributed by atoms with E-state index >= 15 is 0 Å². The second-order valence-electron chi connectivity index (χ2n) is 9.30. The van der Waals surface area contributed by atoms with Gasteiger partial charge in [0.25, 0.3) is 0 Å². The van der Waals surface area contributed by atoms with E-state index in [2.05, 4.69) is 29.6 Å². The van der Waals surface area contributed by atoms with Crippen LogP contribution in [0.1, 0.15) is 54.7 Å². The number of benzene rings is 3. The average molecular weight is 491 g/mol. The Morgan fingerprint density at radius 3 is 2.11 bits per heavy atom. The summed E-state index contributed by atoms with van der Waals surface area (Å²) in [6, 6.07) is 27.1. The van der Waals surface area contributed by atoms with Gasteiger partial charge in [-0.15, -0.1) is 0 Å². The zero-order valence-corrected chi connectivity index (χ0v) is 21.1. The third-order valence-electron chi connectivity index (χ3n) is 6.79. The number of aryl methyl sites for hydroxylation is 1. The van der Waals surface area contributed by atoms with Crippen LogP contribution in [-0.4, -0.2) is 37.8 Å². The molecule has 184 valence electrons. The van der Waals surface area contributed by atoms with Crippen molar-refractivity contribution in [2.45, 2.75) is 55.9 Å². The maximum absolute atomic E-state index is 13.3. The van der Waals surface area contributed by atoms with Gasteiger partial charge in [0.2, 0.25) is 15.9 Å². The number of carbonyl (C=O) groups is 1. The van der Waals surface area contributed by atoms with Crippen LogP contribution in [0, 0.1) is 6.92 Å². The molecule has 0 aromatic heterocycles. The van der Waals surface area contributed by atoms with Gasteiger partial charge in [-0.25, -0.2) is 8.42 Å². The number of piperidine rings is 1. The van der Waals surface area contributed by atoms with E-state index in [1.807, 2.05) is 55.5 Å². The predicted molar refractivity (Wildman–Crippen MR) is 140 cm³/mol. The Labute approximate surface area is 209 Å². The Bertz CT molecular complexity index is 1160. The lowest BCUT2D eigenvalue weighted by molar-refractivity contribution is -0.121. The molecule has 0 radical (unpaired) electrons. The molecule has 1 N–H and O–H groups in total. The molecule has 1 heterocycles. The van der Waals surface area contributed by atoms with Crippen molar-refractivity contribution >= 4 is 15.9 Å². The highest BCUT2D eigenvalue weighted by Gasteiger charge is 2.33. The fourth-order valence-electron chi connectivity index (χ4n) is 4.86. The molecule has 4 rings (SSSR count). The van der Waals surface area contributed by atoms with E-state index in [-0.39, 0.29) is 17.9 Å². The molecule has 1 aliphatic rings.